The molecule has 1 fully saturated rings. The Kier molecular flexibility index (Phi) is 7.71. The van der Waals surface area contributed by atoms with E-state index in [1.54, 1.807) is 25.3 Å². The molecule has 2 aromatic rings. The van der Waals surface area contributed by atoms with Crippen LogP contribution in [0.2, 0.25) is 5.02 Å². The number of aliphatic hydroxyl groups excluding tert-OH is 1. The van der Waals surface area contributed by atoms with Gasteiger partial charge < -0.3 is 19.9 Å². The van der Waals surface area contributed by atoms with E-state index < -0.39 is 5.54 Å². The van der Waals surface area contributed by atoms with Crippen LogP contribution in [-0.4, -0.2) is 48.9 Å². The lowest BCUT2D eigenvalue weighted by Gasteiger charge is -2.49. The van der Waals surface area contributed by atoms with Crippen LogP contribution < -0.4 is 5.32 Å². The van der Waals surface area contributed by atoms with Crippen LogP contribution in [0, 0.1) is 11.7 Å². The first-order valence-corrected chi connectivity index (χ1v) is 12.4. The van der Waals surface area contributed by atoms with E-state index in [0.717, 1.165) is 16.8 Å². The maximum Gasteiger partial charge on any atom is 0.331 e. The third-order valence-electron chi connectivity index (χ3n) is 7.60. The highest BCUT2D eigenvalue weighted by molar-refractivity contribution is 6.30. The van der Waals surface area contributed by atoms with E-state index in [4.69, 9.17) is 21.1 Å². The summed E-state index contributed by atoms with van der Waals surface area (Å²) in [5, 5.41) is 13.8. The van der Waals surface area contributed by atoms with Gasteiger partial charge in [0.2, 0.25) is 0 Å². The number of methoxy groups -OCH3 is 2. The molecule has 0 aromatic heterocycles. The molecule has 4 rings (SSSR count). The van der Waals surface area contributed by atoms with Crippen LogP contribution in [0.15, 0.2) is 36.4 Å². The highest BCUT2D eigenvalue weighted by atomic mass is 35.5. The zero-order valence-electron chi connectivity index (χ0n) is 20.6. The number of benzene rings is 2. The smallest absolute Gasteiger partial charge is 0.331 e. The number of nitrogens with zero attached hydrogens (tertiary/aromatic N) is 1. The first-order valence-electron chi connectivity index (χ1n) is 12.1. The fourth-order valence-electron chi connectivity index (χ4n) is 5.78. The van der Waals surface area contributed by atoms with Gasteiger partial charge >= 0.3 is 5.97 Å². The number of fused-ring (bicyclic) bond motifs is 2. The monoisotopic (exact) mass is 504 g/mol. The van der Waals surface area contributed by atoms with Gasteiger partial charge in [-0.2, -0.15) is 0 Å². The zero-order chi connectivity index (χ0) is 25.2. The number of halogens is 2. The van der Waals surface area contributed by atoms with E-state index in [1.807, 2.05) is 25.1 Å². The Labute approximate surface area is 211 Å². The van der Waals surface area contributed by atoms with Gasteiger partial charge in [-0.05, 0) is 73.1 Å². The van der Waals surface area contributed by atoms with Gasteiger partial charge in [0.05, 0.1) is 13.7 Å². The molecule has 1 aliphatic heterocycles. The van der Waals surface area contributed by atoms with Crippen molar-refractivity contribution in [3.8, 4) is 0 Å². The van der Waals surface area contributed by atoms with Crippen molar-refractivity contribution in [2.24, 2.45) is 5.92 Å². The summed E-state index contributed by atoms with van der Waals surface area (Å²) in [5.74, 6) is -0.499. The van der Waals surface area contributed by atoms with Gasteiger partial charge in [0.1, 0.15) is 11.4 Å². The Balaban J connectivity index is 1.70. The fraction of sp³-hybridized carbons (Fsp3) is 0.519. The van der Waals surface area contributed by atoms with Gasteiger partial charge in [0.25, 0.3) is 0 Å². The molecule has 8 heteroatoms. The van der Waals surface area contributed by atoms with Gasteiger partial charge in [-0.1, -0.05) is 24.6 Å². The molecule has 1 aliphatic carbocycles. The molecule has 1 saturated carbocycles. The van der Waals surface area contributed by atoms with Crippen molar-refractivity contribution >= 4 is 23.3 Å². The van der Waals surface area contributed by atoms with E-state index in [-0.39, 0.29) is 36.5 Å². The molecule has 1 spiro atoms. The van der Waals surface area contributed by atoms with Crippen molar-refractivity contribution in [2.45, 2.75) is 56.8 Å². The number of aliphatic hydroxyl groups is 1. The van der Waals surface area contributed by atoms with Gasteiger partial charge in [0.15, 0.2) is 0 Å². The molecular formula is C27H34ClFN2O4. The van der Waals surface area contributed by atoms with Crippen LogP contribution in [0.5, 0.6) is 0 Å². The minimum absolute atomic E-state index is 0.0707. The van der Waals surface area contributed by atoms with Crippen LogP contribution in [0.25, 0.3) is 0 Å². The lowest BCUT2D eigenvalue weighted by molar-refractivity contribution is -0.148. The molecule has 6 nitrogen and oxygen atoms in total. The predicted molar refractivity (Wildman–Crippen MR) is 134 cm³/mol. The molecule has 1 heterocycles. The van der Waals surface area contributed by atoms with Crippen molar-refractivity contribution in [1.29, 1.82) is 0 Å². The van der Waals surface area contributed by atoms with Crippen LogP contribution in [0.3, 0.4) is 0 Å². The van der Waals surface area contributed by atoms with Crippen LogP contribution in [0.1, 0.15) is 49.3 Å². The largest absolute Gasteiger partial charge is 0.467 e. The molecule has 0 saturated heterocycles. The number of rotatable bonds is 8. The van der Waals surface area contributed by atoms with Crippen LogP contribution in [-0.2, 0) is 33.0 Å². The molecule has 35 heavy (non-hydrogen) atoms. The number of esters is 1. The summed E-state index contributed by atoms with van der Waals surface area (Å²) < 4.78 is 25.3. The number of nitrogens with one attached hydrogen (secondary N) is 1. The molecule has 2 N–H and O–H groups in total. The average molecular weight is 505 g/mol. The number of hydrogen-bond acceptors (Lipinski definition) is 6. The number of carbonyl (C=O) groups is 1. The number of ether oxygens (including phenoxy) is 2. The second-order valence-electron chi connectivity index (χ2n) is 9.94. The third kappa shape index (κ3) is 4.92. The van der Waals surface area contributed by atoms with Crippen molar-refractivity contribution in [3.63, 3.8) is 0 Å². The molecule has 0 unspecified atom stereocenters. The maximum atomic E-state index is 14.8. The summed E-state index contributed by atoms with van der Waals surface area (Å²) >= 11 is 6.19. The van der Waals surface area contributed by atoms with Crippen LogP contribution >= 0.6 is 11.6 Å². The normalized spacial score (nSPS) is 24.9. The Morgan fingerprint density at radius 2 is 1.97 bits per heavy atom. The topological polar surface area (TPSA) is 71.0 Å². The summed E-state index contributed by atoms with van der Waals surface area (Å²) in [6.45, 7) is 3.57. The van der Waals surface area contributed by atoms with Gasteiger partial charge in [0, 0.05) is 48.6 Å². The minimum Gasteiger partial charge on any atom is -0.467 e. The van der Waals surface area contributed by atoms with Crippen molar-refractivity contribution in [3.05, 3.63) is 63.9 Å². The Morgan fingerprint density at radius 1 is 1.23 bits per heavy atom. The summed E-state index contributed by atoms with van der Waals surface area (Å²) in [6.07, 6.45) is 2.43. The van der Waals surface area contributed by atoms with Crippen molar-refractivity contribution in [1.82, 2.24) is 4.90 Å². The summed E-state index contributed by atoms with van der Waals surface area (Å²) in [6, 6.07) is 10.9. The first-order chi connectivity index (χ1) is 16.8. The molecule has 0 radical (unpaired) electrons. The van der Waals surface area contributed by atoms with E-state index in [9.17, 15) is 14.3 Å². The van der Waals surface area contributed by atoms with Crippen molar-refractivity contribution < 1.29 is 23.8 Å². The lowest BCUT2D eigenvalue weighted by atomic mass is 9.68. The van der Waals surface area contributed by atoms with E-state index in [2.05, 4.69) is 10.2 Å². The standard InChI is InChI=1S/C27H34ClFN2O4/c1-18(16-32)14-31-15-19-12-24(29)20(17-34-2)11-23(19)27(31)9-7-26(8-10-27,25(33)35-3)30-22-6-4-5-21(28)13-22/h4-6,11-13,18,30,32H,7-10,14-17H2,1-3H3/t18-,26?,27?/m1/s1. The number of hydrogen-bond donors (Lipinski definition) is 2. The van der Waals surface area contributed by atoms with Gasteiger partial charge in [-0.25, -0.2) is 9.18 Å². The second kappa shape index (κ2) is 10.4. The molecular weight excluding hydrogens is 471 g/mol. The Bertz CT molecular complexity index is 1070. The first kappa shape index (κ1) is 25.9. The van der Waals surface area contributed by atoms with Crippen LogP contribution in [0.4, 0.5) is 10.1 Å². The lowest BCUT2D eigenvalue weighted by Crippen LogP contribution is -2.56. The highest BCUT2D eigenvalue weighted by Gasteiger charge is 2.54. The van der Waals surface area contributed by atoms with Gasteiger partial charge in [-0.3, -0.25) is 4.90 Å². The van der Waals surface area contributed by atoms with E-state index in [1.165, 1.54) is 7.11 Å². The van der Waals surface area contributed by atoms with E-state index in [0.29, 0.717) is 49.4 Å². The summed E-state index contributed by atoms with van der Waals surface area (Å²) in [4.78, 5) is 15.4. The van der Waals surface area contributed by atoms with Crippen molar-refractivity contribution in [2.75, 3.05) is 32.7 Å². The molecule has 0 amide bonds. The van der Waals surface area contributed by atoms with Gasteiger partial charge in [-0.15, -0.1) is 0 Å². The third-order valence-corrected chi connectivity index (χ3v) is 7.83. The Morgan fingerprint density at radius 3 is 2.60 bits per heavy atom. The number of anilines is 1. The Hall–Kier alpha value is -2.19. The number of carbonyl (C=O) groups excluding carboxylic acids is 1. The minimum atomic E-state index is -0.892. The second-order valence-corrected chi connectivity index (χ2v) is 10.4. The summed E-state index contributed by atoms with van der Waals surface area (Å²) in [5.41, 5.74) is 2.10. The molecule has 1 atom stereocenters. The fourth-order valence-corrected chi connectivity index (χ4v) is 5.97. The zero-order valence-corrected chi connectivity index (χ0v) is 21.3. The molecule has 2 aromatic carbocycles. The predicted octanol–water partition coefficient (Wildman–Crippen LogP) is 4.86. The molecule has 0 bridgehead atoms. The molecule has 2 aliphatic rings. The average Bonchev–Trinajstić information content (AvgIpc) is 3.12. The summed E-state index contributed by atoms with van der Waals surface area (Å²) in [7, 11) is 2.97. The highest BCUT2D eigenvalue weighted by Crippen LogP contribution is 2.52. The quantitative estimate of drug-likeness (QED) is 0.500. The molecule has 190 valence electrons. The maximum absolute atomic E-state index is 14.8. The SMILES string of the molecule is COCc1cc2c(cc1F)CN(C[C@@H](C)CO)C21CCC(Nc2cccc(Cl)c2)(C(=O)OC)CC1. The van der Waals surface area contributed by atoms with E-state index >= 15 is 0 Å².